The minimum absolute atomic E-state index is 0.0458. The van der Waals surface area contributed by atoms with Crippen LogP contribution in [0.3, 0.4) is 0 Å². The Morgan fingerprint density at radius 1 is 0.396 bits per heavy atom. The summed E-state index contributed by atoms with van der Waals surface area (Å²) >= 11 is 30.9. The number of imidazole rings is 5. The number of benzene rings is 2. The van der Waals surface area contributed by atoms with E-state index in [0.29, 0.717) is 79.8 Å². The zero-order valence-electron chi connectivity index (χ0n) is 80.6. The molecule has 0 spiro atoms. The van der Waals surface area contributed by atoms with Gasteiger partial charge in [0.05, 0.1) is 64.6 Å². The molecule has 746 valence electrons. The number of fused-ring (bicyclic) bond motifs is 5. The van der Waals surface area contributed by atoms with E-state index < -0.39 is 70.7 Å². The van der Waals surface area contributed by atoms with Gasteiger partial charge in [0.1, 0.15) is 76.2 Å². The predicted octanol–water partition coefficient (Wildman–Crippen LogP) is 19.1. The highest BCUT2D eigenvalue weighted by molar-refractivity contribution is 6.35. The van der Waals surface area contributed by atoms with Crippen molar-refractivity contribution in [3.8, 4) is 0 Å². The highest BCUT2D eigenvalue weighted by Crippen LogP contribution is 2.36. The number of aromatic nitrogens is 20. The van der Waals surface area contributed by atoms with Crippen LogP contribution in [0.2, 0.25) is 25.8 Å². The minimum Gasteiger partial charge on any atom is -0.465 e. The number of carbonyl (C=O) groups excluding carboxylic acids is 9. The summed E-state index contributed by atoms with van der Waals surface area (Å²) in [6.07, 6.45) is 19.9. The van der Waals surface area contributed by atoms with E-state index in [0.717, 1.165) is 24.8 Å². The van der Waals surface area contributed by atoms with Crippen molar-refractivity contribution in [1.29, 1.82) is 0 Å². The first-order valence-corrected chi connectivity index (χ1v) is 47.3. The van der Waals surface area contributed by atoms with E-state index in [1.54, 1.807) is 111 Å². The fourth-order valence-corrected chi connectivity index (χ4v) is 15.2. The highest BCUT2D eigenvalue weighted by Gasteiger charge is 2.32. The van der Waals surface area contributed by atoms with E-state index in [1.807, 2.05) is 36.4 Å². The van der Waals surface area contributed by atoms with Gasteiger partial charge in [0, 0.05) is 12.1 Å². The summed E-state index contributed by atoms with van der Waals surface area (Å²) in [6.45, 7) is 31.6. The van der Waals surface area contributed by atoms with E-state index in [4.69, 9.17) is 95.9 Å². The maximum atomic E-state index is 13.3. The molecule has 10 heterocycles. The van der Waals surface area contributed by atoms with Crippen molar-refractivity contribution >= 4 is 198 Å². The second-order valence-corrected chi connectivity index (χ2v) is 37.6. The first kappa shape index (κ1) is 108. The summed E-state index contributed by atoms with van der Waals surface area (Å²) in [4.78, 5) is 178. The number of halogens is 5. The van der Waals surface area contributed by atoms with Crippen LogP contribution in [-0.2, 0) is 89.8 Å². The van der Waals surface area contributed by atoms with Crippen LogP contribution in [0.15, 0.2) is 80.2 Å². The van der Waals surface area contributed by atoms with E-state index in [2.05, 4.69) is 115 Å². The van der Waals surface area contributed by atoms with Gasteiger partial charge >= 0.3 is 48.3 Å². The number of carbonyl (C=O) groups is 9. The van der Waals surface area contributed by atoms with Crippen LogP contribution in [-0.4, -0.2) is 208 Å². The normalized spacial score (nSPS) is 13.0. The van der Waals surface area contributed by atoms with Crippen molar-refractivity contribution in [1.82, 2.24) is 98.0 Å². The van der Waals surface area contributed by atoms with Crippen molar-refractivity contribution in [2.24, 2.45) is 0 Å². The Kier molecular flexibility index (Phi) is 38.6. The second kappa shape index (κ2) is 49.6. The van der Waals surface area contributed by atoms with E-state index in [9.17, 15) is 43.2 Å². The molecular weight excluding hydrogens is 1900 g/mol. The largest absolute Gasteiger partial charge is 0.465 e. The molecule has 2 aliphatic rings. The predicted molar refractivity (Wildman–Crippen MR) is 522 cm³/mol. The maximum Gasteiger partial charge on any atom is 0.417 e. The van der Waals surface area contributed by atoms with Gasteiger partial charge in [-0.15, -0.1) is 0 Å². The smallest absolute Gasteiger partial charge is 0.417 e. The van der Waals surface area contributed by atoms with E-state index in [-0.39, 0.29) is 121 Å². The molecule has 2 aromatic carbocycles. The summed E-state index contributed by atoms with van der Waals surface area (Å²) in [7, 11) is 0. The lowest BCUT2D eigenvalue weighted by molar-refractivity contribution is -0.144. The molecule has 2 aliphatic carbocycles. The molecule has 0 bridgehead atoms. The number of H-pyrrole nitrogens is 1. The van der Waals surface area contributed by atoms with Crippen LogP contribution >= 0.6 is 58.0 Å². The fraction of sp³-hybridized carbons (Fsp3) is 0.500. The molecule has 0 saturated heterocycles. The first-order valence-electron chi connectivity index (χ1n) is 45.4. The number of rotatable bonds is 26. The Labute approximate surface area is 826 Å². The number of nitrogens with one attached hydrogen (secondary N) is 4. The summed E-state index contributed by atoms with van der Waals surface area (Å²) in [6, 6.07) is 16.1. The van der Waals surface area contributed by atoms with Crippen molar-refractivity contribution in [2.75, 3.05) is 58.7 Å². The van der Waals surface area contributed by atoms with Crippen LogP contribution in [0.1, 0.15) is 240 Å². The van der Waals surface area contributed by atoms with Crippen LogP contribution < -0.4 is 25.8 Å². The lowest BCUT2D eigenvalue weighted by Gasteiger charge is -2.26. The quantitative estimate of drug-likeness (QED) is 0.0169. The van der Waals surface area contributed by atoms with E-state index >= 15 is 0 Å². The van der Waals surface area contributed by atoms with Crippen LogP contribution in [0, 0.1) is 0 Å². The van der Waals surface area contributed by atoms with Gasteiger partial charge in [-0.2, -0.15) is 49.8 Å². The lowest BCUT2D eigenvalue weighted by Crippen LogP contribution is -2.38. The molecule has 0 radical (unpaired) electrons. The standard InChI is InChI=1S/C27H34ClN5O4.C22H24ClN5O3.C19H28ClN5O4.C14H18ClN5O4.C10H12ClN5O2/c1-5-36-21(34)16-32-17-29-22-23(28)30-25(31-24(22)32)33(26(35)37-27(2,3)4)15-18-11-13-20(14-12-18)19-9-7-6-8-10-19;1-2-31-17(29)12-28-13-24-18-19(23)25-22(26-20(18)28)27-21(30)16-10-8-15(9-11-16)14-6-4-3-5-7-14;1-6-8-9-10-25(18(27)29-19(3,4)5)17-22-15(20)14-16(23-17)24(12-21-14)11-13(26)28-7-2;1-5-23-8(21)6-20-7-16-9-10(15)17-12(18-11(9)20)19-13(22)24-14(2,3)4;1-10(2,3)18-9(17)16-8-14-6(11)5-7(15-8)13-4-12-5/h11-14,17,19H,5-10,15-16H2,1-4H3;8-11,13-14H,2-7,12H2,1H3,(H,25,26,27,30);12H,6-11H2,1-5H3;7H,5-6H2,1-4H3,(H,17,18,19,22);4H,1-3H3,(H2,12,13,14,15,16,17). The van der Waals surface area contributed by atoms with Crippen LogP contribution in [0.25, 0.3) is 55.8 Å². The highest BCUT2D eigenvalue weighted by atomic mass is 35.5. The Balaban J connectivity index is 0.000000182. The molecule has 47 heteroatoms. The molecule has 14 rings (SSSR count). The summed E-state index contributed by atoms with van der Waals surface area (Å²) in [5, 5.41) is 7.98. The number of ether oxygens (including phenoxy) is 8. The average Bonchev–Trinajstić information content (AvgIpc) is 1.68. The third-order valence-electron chi connectivity index (χ3n) is 20.1. The summed E-state index contributed by atoms with van der Waals surface area (Å²) in [5.74, 6) is -0.646. The summed E-state index contributed by atoms with van der Waals surface area (Å²) in [5.41, 5.74) is 4.93. The number of hydrogen-bond acceptors (Lipinski definition) is 32. The van der Waals surface area contributed by atoms with Gasteiger partial charge in [-0.3, -0.25) is 39.9 Å². The molecule has 4 N–H and O–H groups in total. The number of anilines is 5. The number of amides is 5. The Bertz CT molecular complexity index is 6270. The molecule has 10 aromatic heterocycles. The number of aromatic amines is 1. The molecule has 0 unspecified atom stereocenters. The lowest BCUT2D eigenvalue weighted by atomic mass is 9.84. The molecule has 0 aliphatic heterocycles. The molecule has 2 saturated carbocycles. The topological polar surface area (TPSA) is 499 Å². The fourth-order valence-electron chi connectivity index (χ4n) is 14.1. The minimum atomic E-state index is -0.722. The van der Waals surface area contributed by atoms with Gasteiger partial charge < -0.3 is 61.1 Å². The molecule has 139 heavy (non-hydrogen) atoms. The van der Waals surface area contributed by atoms with Crippen LogP contribution in [0.5, 0.6) is 0 Å². The maximum absolute atomic E-state index is 13.3. The number of esters is 4. The van der Waals surface area contributed by atoms with Gasteiger partial charge in [-0.1, -0.05) is 153 Å². The van der Waals surface area contributed by atoms with Gasteiger partial charge in [0.2, 0.25) is 29.7 Å². The average molecular weight is 2020 g/mol. The Morgan fingerprint density at radius 2 is 0.741 bits per heavy atom. The Morgan fingerprint density at radius 3 is 1.12 bits per heavy atom. The van der Waals surface area contributed by atoms with E-state index in [1.165, 1.54) is 135 Å². The molecule has 5 amide bonds. The number of nitrogens with zero attached hydrogens (tertiary/aromatic N) is 21. The van der Waals surface area contributed by atoms with Gasteiger partial charge in [-0.05, 0) is 184 Å². The van der Waals surface area contributed by atoms with Crippen molar-refractivity contribution in [3.63, 3.8) is 0 Å². The summed E-state index contributed by atoms with van der Waals surface area (Å²) < 4.78 is 47.3. The third kappa shape index (κ3) is 32.3. The second-order valence-electron chi connectivity index (χ2n) is 35.8. The third-order valence-corrected chi connectivity index (χ3v) is 21.4. The zero-order valence-corrected chi connectivity index (χ0v) is 84.4. The zero-order chi connectivity index (χ0) is 101. The molecular formula is C92H116Cl5N25O17. The number of hydrogen-bond donors (Lipinski definition) is 4. The van der Waals surface area contributed by atoms with Gasteiger partial charge in [0.15, 0.2) is 54.0 Å². The van der Waals surface area contributed by atoms with Crippen molar-refractivity contribution < 1.29 is 81.0 Å². The monoisotopic (exact) mass is 2020 g/mol. The molecule has 2 fully saturated rings. The Hall–Kier alpha value is -12.9. The van der Waals surface area contributed by atoms with Gasteiger partial charge in [-0.25, -0.2) is 53.9 Å². The molecule has 12 aromatic rings. The molecule has 0 atom stereocenters. The number of unbranched alkanes of at least 4 members (excludes halogenated alkanes) is 2. The van der Waals surface area contributed by atoms with Gasteiger partial charge in [0.25, 0.3) is 5.91 Å². The first-order chi connectivity index (χ1) is 65.9. The van der Waals surface area contributed by atoms with Crippen LogP contribution in [0.4, 0.5) is 48.9 Å². The SMILES string of the molecule is CC(C)(C)OC(=O)Nc1nc(Cl)c2[nH]cnc2n1.CCCCCN(C(=O)OC(C)(C)C)c1nc(Cl)c2ncn(CC(=O)OCC)c2n1.CCOC(=O)Cn1cnc2c(Cl)nc(N(Cc3ccc(C4CCCCC4)cc3)C(=O)OC(C)(C)C)nc21.CCOC(=O)Cn1cnc2c(Cl)nc(NC(=O)OC(C)(C)C)nc21.CCOC(=O)Cn1cnc2c(Cl)nc(NC(=O)c3ccc(C4CCCCC4)cc3)nc21. The van der Waals surface area contributed by atoms with Crippen molar-refractivity contribution in [2.45, 2.75) is 268 Å². The molecule has 42 nitrogen and oxygen atoms in total. The van der Waals surface area contributed by atoms with Crippen molar-refractivity contribution in [3.05, 3.63) is 128 Å².